The van der Waals surface area contributed by atoms with Gasteiger partial charge in [-0.15, -0.1) is 16.4 Å². The van der Waals surface area contributed by atoms with Gasteiger partial charge in [0.15, 0.2) is 0 Å². The van der Waals surface area contributed by atoms with Crippen LogP contribution in [0.15, 0.2) is 17.5 Å². The number of aromatic amines is 1. The van der Waals surface area contributed by atoms with Crippen molar-refractivity contribution in [3.8, 4) is 0 Å². The molecule has 0 aliphatic rings. The van der Waals surface area contributed by atoms with Crippen LogP contribution in [0.25, 0.3) is 0 Å². The molecule has 102 valence electrons. The van der Waals surface area contributed by atoms with E-state index in [1.807, 2.05) is 45.2 Å². The predicted octanol–water partition coefficient (Wildman–Crippen LogP) is 2.65. The summed E-state index contributed by atoms with van der Waals surface area (Å²) in [6.45, 7) is 8.00. The number of rotatable bonds is 3. The third-order valence-electron chi connectivity index (χ3n) is 2.72. The number of nitrogens with zero attached hydrogens (tertiary/aromatic N) is 2. The van der Waals surface area contributed by atoms with Crippen LogP contribution >= 0.6 is 11.3 Å². The first-order valence-corrected chi connectivity index (χ1v) is 7.03. The van der Waals surface area contributed by atoms with Crippen LogP contribution in [0.3, 0.4) is 0 Å². The molecule has 2 rings (SSSR count). The van der Waals surface area contributed by atoms with Crippen LogP contribution in [0.2, 0.25) is 0 Å². The van der Waals surface area contributed by atoms with Crippen LogP contribution in [-0.2, 0) is 5.41 Å². The summed E-state index contributed by atoms with van der Waals surface area (Å²) in [6, 6.07) is 3.92. The molecule has 0 aliphatic heterocycles. The highest BCUT2D eigenvalue weighted by Crippen LogP contribution is 2.19. The highest BCUT2D eigenvalue weighted by Gasteiger charge is 2.22. The number of hydrogen-bond acceptors (Lipinski definition) is 4. The van der Waals surface area contributed by atoms with Crippen molar-refractivity contribution in [1.82, 2.24) is 20.5 Å². The number of thiophene rings is 1. The number of amides is 1. The zero-order valence-electron chi connectivity index (χ0n) is 11.5. The lowest BCUT2D eigenvalue weighted by Crippen LogP contribution is -2.27. The molecule has 6 heteroatoms. The molecule has 0 fully saturated rings. The van der Waals surface area contributed by atoms with Crippen molar-refractivity contribution < 1.29 is 4.79 Å². The maximum absolute atomic E-state index is 12.0. The molecule has 2 N–H and O–H groups in total. The van der Waals surface area contributed by atoms with Crippen molar-refractivity contribution in [3.05, 3.63) is 34.0 Å². The lowest BCUT2D eigenvalue weighted by Gasteiger charge is -2.13. The summed E-state index contributed by atoms with van der Waals surface area (Å²) in [4.78, 5) is 17.4. The standard InChI is InChI=1S/C13H18N4OS/c1-8(9-6-5-7-19-9)14-11(18)10-15-12(17-16-10)13(2,3)4/h5-8H,1-4H3,(H,14,18)(H,15,16,17). The van der Waals surface area contributed by atoms with E-state index in [4.69, 9.17) is 0 Å². The molecular weight excluding hydrogens is 260 g/mol. The van der Waals surface area contributed by atoms with E-state index in [1.165, 1.54) is 0 Å². The molecule has 19 heavy (non-hydrogen) atoms. The summed E-state index contributed by atoms with van der Waals surface area (Å²) in [6.07, 6.45) is 0. The van der Waals surface area contributed by atoms with Gasteiger partial charge in [-0.2, -0.15) is 0 Å². The van der Waals surface area contributed by atoms with Crippen LogP contribution in [-0.4, -0.2) is 21.1 Å². The first-order chi connectivity index (χ1) is 8.88. The minimum absolute atomic E-state index is 0.0379. The number of nitrogens with one attached hydrogen (secondary N) is 2. The van der Waals surface area contributed by atoms with E-state index in [9.17, 15) is 4.79 Å². The van der Waals surface area contributed by atoms with E-state index in [0.29, 0.717) is 5.82 Å². The average Bonchev–Trinajstić information content (AvgIpc) is 3.00. The van der Waals surface area contributed by atoms with Gasteiger partial charge in [0.1, 0.15) is 5.82 Å². The van der Waals surface area contributed by atoms with Crippen molar-refractivity contribution >= 4 is 17.2 Å². The molecular formula is C13H18N4OS. The number of aromatic nitrogens is 3. The van der Waals surface area contributed by atoms with E-state index < -0.39 is 0 Å². The summed E-state index contributed by atoms with van der Waals surface area (Å²) in [5, 5.41) is 11.7. The van der Waals surface area contributed by atoms with E-state index in [2.05, 4.69) is 20.5 Å². The lowest BCUT2D eigenvalue weighted by atomic mass is 9.96. The molecule has 1 unspecified atom stereocenters. The number of carbonyl (C=O) groups excluding carboxylic acids is 1. The fourth-order valence-electron chi connectivity index (χ4n) is 1.57. The highest BCUT2D eigenvalue weighted by atomic mass is 32.1. The second kappa shape index (κ2) is 5.13. The van der Waals surface area contributed by atoms with Crippen LogP contribution in [0.5, 0.6) is 0 Å². The normalized spacial score (nSPS) is 13.3. The Morgan fingerprint density at radius 1 is 1.47 bits per heavy atom. The molecule has 0 radical (unpaired) electrons. The molecule has 0 aromatic carbocycles. The largest absolute Gasteiger partial charge is 0.342 e. The molecule has 0 saturated heterocycles. The van der Waals surface area contributed by atoms with Gasteiger partial charge in [0, 0.05) is 10.3 Å². The smallest absolute Gasteiger partial charge is 0.291 e. The van der Waals surface area contributed by atoms with E-state index in [1.54, 1.807) is 11.3 Å². The average molecular weight is 278 g/mol. The Hall–Kier alpha value is -1.69. The monoisotopic (exact) mass is 278 g/mol. The Labute approximate surface area is 116 Å². The number of hydrogen-bond donors (Lipinski definition) is 2. The minimum Gasteiger partial charge on any atom is -0.342 e. The maximum Gasteiger partial charge on any atom is 0.291 e. The predicted molar refractivity (Wildman–Crippen MR) is 75.3 cm³/mol. The first kappa shape index (κ1) is 13.7. The molecule has 0 spiro atoms. The molecule has 1 atom stereocenters. The third-order valence-corrected chi connectivity index (χ3v) is 3.77. The van der Waals surface area contributed by atoms with Crippen molar-refractivity contribution in [1.29, 1.82) is 0 Å². The molecule has 5 nitrogen and oxygen atoms in total. The zero-order valence-corrected chi connectivity index (χ0v) is 12.3. The highest BCUT2D eigenvalue weighted by molar-refractivity contribution is 7.10. The summed E-state index contributed by atoms with van der Waals surface area (Å²) >= 11 is 1.61. The van der Waals surface area contributed by atoms with Crippen molar-refractivity contribution in [2.75, 3.05) is 0 Å². The zero-order chi connectivity index (χ0) is 14.0. The summed E-state index contributed by atoms with van der Waals surface area (Å²) < 4.78 is 0. The van der Waals surface area contributed by atoms with Gasteiger partial charge < -0.3 is 5.32 Å². The van der Waals surface area contributed by atoms with Crippen LogP contribution < -0.4 is 5.32 Å². The molecule has 0 saturated carbocycles. The summed E-state index contributed by atoms with van der Waals surface area (Å²) in [5.74, 6) is 0.641. The fraction of sp³-hybridized carbons (Fsp3) is 0.462. The van der Waals surface area contributed by atoms with Crippen LogP contribution in [0, 0.1) is 0 Å². The first-order valence-electron chi connectivity index (χ1n) is 6.15. The Morgan fingerprint density at radius 2 is 2.21 bits per heavy atom. The van der Waals surface area contributed by atoms with Crippen LogP contribution in [0.4, 0.5) is 0 Å². The fourth-order valence-corrected chi connectivity index (χ4v) is 2.30. The van der Waals surface area contributed by atoms with Gasteiger partial charge in [-0.05, 0) is 18.4 Å². The van der Waals surface area contributed by atoms with Crippen molar-refractivity contribution in [2.24, 2.45) is 0 Å². The summed E-state index contributed by atoms with van der Waals surface area (Å²) in [7, 11) is 0. The van der Waals surface area contributed by atoms with Gasteiger partial charge in [-0.1, -0.05) is 26.8 Å². The van der Waals surface area contributed by atoms with Crippen LogP contribution in [0.1, 0.15) is 55.1 Å². The van der Waals surface area contributed by atoms with Gasteiger partial charge in [-0.25, -0.2) is 4.98 Å². The van der Waals surface area contributed by atoms with E-state index in [0.717, 1.165) is 4.88 Å². The quantitative estimate of drug-likeness (QED) is 0.906. The Balaban J connectivity index is 2.06. The van der Waals surface area contributed by atoms with Gasteiger partial charge in [0.2, 0.25) is 5.82 Å². The van der Waals surface area contributed by atoms with Gasteiger partial charge in [-0.3, -0.25) is 9.89 Å². The Bertz CT molecular complexity index is 553. The van der Waals surface area contributed by atoms with E-state index in [-0.39, 0.29) is 23.2 Å². The SMILES string of the molecule is CC(NC(=O)c1n[nH]c(C(C)(C)C)n1)c1cccs1. The maximum atomic E-state index is 12.0. The molecule has 1 amide bonds. The topological polar surface area (TPSA) is 70.7 Å². The lowest BCUT2D eigenvalue weighted by molar-refractivity contribution is 0.0930. The second-order valence-electron chi connectivity index (χ2n) is 5.47. The second-order valence-corrected chi connectivity index (χ2v) is 6.45. The van der Waals surface area contributed by atoms with Gasteiger partial charge in [0.05, 0.1) is 6.04 Å². The van der Waals surface area contributed by atoms with Crippen molar-refractivity contribution in [3.63, 3.8) is 0 Å². The minimum atomic E-state index is -0.257. The molecule has 2 heterocycles. The number of carbonyl (C=O) groups is 1. The molecule has 2 aromatic heterocycles. The molecule has 2 aromatic rings. The Morgan fingerprint density at radius 3 is 2.74 bits per heavy atom. The van der Waals surface area contributed by atoms with Gasteiger partial charge in [0.25, 0.3) is 5.91 Å². The number of H-pyrrole nitrogens is 1. The van der Waals surface area contributed by atoms with Gasteiger partial charge >= 0.3 is 0 Å². The summed E-state index contributed by atoms with van der Waals surface area (Å²) in [5.41, 5.74) is -0.148. The Kier molecular flexibility index (Phi) is 3.71. The molecule has 0 bridgehead atoms. The van der Waals surface area contributed by atoms with E-state index >= 15 is 0 Å². The molecule has 0 aliphatic carbocycles. The third kappa shape index (κ3) is 3.20. The van der Waals surface area contributed by atoms with Crippen molar-refractivity contribution in [2.45, 2.75) is 39.2 Å².